The van der Waals surface area contributed by atoms with Crippen LogP contribution in [0.1, 0.15) is 39.5 Å². The molecular formula is C24H31FN4O. The molecule has 2 unspecified atom stereocenters. The maximum absolute atomic E-state index is 13.1. The van der Waals surface area contributed by atoms with E-state index in [1.165, 1.54) is 44.5 Å². The molecule has 5 rings (SSSR count). The van der Waals surface area contributed by atoms with Crippen LogP contribution in [0.2, 0.25) is 0 Å². The van der Waals surface area contributed by atoms with Crippen molar-refractivity contribution in [1.29, 1.82) is 0 Å². The normalized spacial score (nSPS) is 30.9. The number of halogens is 1. The average Bonchev–Trinajstić information content (AvgIpc) is 3.27. The van der Waals surface area contributed by atoms with Crippen molar-refractivity contribution in [2.75, 3.05) is 25.0 Å². The molecule has 3 aliphatic rings. The second-order valence-corrected chi connectivity index (χ2v) is 9.85. The summed E-state index contributed by atoms with van der Waals surface area (Å²) < 4.78 is 19.0. The van der Waals surface area contributed by atoms with Crippen molar-refractivity contribution >= 4 is 5.82 Å². The summed E-state index contributed by atoms with van der Waals surface area (Å²) in [6, 6.07) is 11.4. The minimum Gasteiger partial charge on any atom is -0.375 e. The number of likely N-dealkylation sites (tertiary alicyclic amines) is 1. The quantitative estimate of drug-likeness (QED) is 0.812. The van der Waals surface area contributed by atoms with Crippen molar-refractivity contribution in [2.45, 2.75) is 57.2 Å². The summed E-state index contributed by atoms with van der Waals surface area (Å²) in [7, 11) is 0. The number of nitrogens with one attached hydrogen (secondary N) is 1. The van der Waals surface area contributed by atoms with Crippen LogP contribution in [-0.4, -0.2) is 52.5 Å². The standard InChI is InChI=1S/C24H31FN4O/c1-24(2)13-21(9-10-30-24)29-14-17-11-20(12-18(17)15-29)26-23-8-7-22(27-28-23)16-3-5-19(25)6-4-16/h3-8,17-18,20-21H,9-15H2,1-2H3,(H,26,28)/t17-,18+,20?,21?. The Hall–Kier alpha value is -2.05. The summed E-state index contributed by atoms with van der Waals surface area (Å²) in [6.07, 6.45) is 4.72. The number of ether oxygens (including phenoxy) is 1. The molecule has 6 heteroatoms. The number of hydrogen-bond acceptors (Lipinski definition) is 5. The van der Waals surface area contributed by atoms with Gasteiger partial charge in [0, 0.05) is 37.3 Å². The lowest BCUT2D eigenvalue weighted by atomic mass is 9.93. The Labute approximate surface area is 178 Å². The number of hydrogen-bond donors (Lipinski definition) is 1. The highest BCUT2D eigenvalue weighted by Gasteiger charge is 2.44. The van der Waals surface area contributed by atoms with Crippen LogP contribution < -0.4 is 5.32 Å². The molecule has 160 valence electrons. The summed E-state index contributed by atoms with van der Waals surface area (Å²) in [5, 5.41) is 12.3. The predicted molar refractivity (Wildman–Crippen MR) is 116 cm³/mol. The molecule has 1 aliphatic carbocycles. The van der Waals surface area contributed by atoms with Crippen LogP contribution in [0.3, 0.4) is 0 Å². The highest BCUT2D eigenvalue weighted by atomic mass is 19.1. The van der Waals surface area contributed by atoms with Crippen LogP contribution in [0.4, 0.5) is 10.2 Å². The van der Waals surface area contributed by atoms with Gasteiger partial charge in [-0.25, -0.2) is 4.39 Å². The molecule has 4 atom stereocenters. The zero-order chi connectivity index (χ0) is 20.7. The van der Waals surface area contributed by atoms with Crippen LogP contribution >= 0.6 is 0 Å². The molecule has 3 heterocycles. The first-order chi connectivity index (χ1) is 14.4. The van der Waals surface area contributed by atoms with Gasteiger partial charge in [0.1, 0.15) is 11.6 Å². The van der Waals surface area contributed by atoms with Crippen molar-refractivity contribution in [3.05, 3.63) is 42.2 Å². The molecule has 30 heavy (non-hydrogen) atoms. The molecule has 1 aromatic carbocycles. The van der Waals surface area contributed by atoms with E-state index in [1.807, 2.05) is 12.1 Å². The van der Waals surface area contributed by atoms with Gasteiger partial charge >= 0.3 is 0 Å². The highest BCUT2D eigenvalue weighted by molar-refractivity contribution is 5.59. The molecule has 0 spiro atoms. The van der Waals surface area contributed by atoms with E-state index in [9.17, 15) is 4.39 Å². The van der Waals surface area contributed by atoms with E-state index in [4.69, 9.17) is 4.74 Å². The molecule has 1 saturated carbocycles. The van der Waals surface area contributed by atoms with Crippen LogP contribution in [-0.2, 0) is 4.74 Å². The van der Waals surface area contributed by atoms with E-state index in [0.29, 0.717) is 12.1 Å². The third-order valence-electron chi connectivity index (χ3n) is 7.12. The zero-order valence-corrected chi connectivity index (χ0v) is 17.9. The van der Waals surface area contributed by atoms with Gasteiger partial charge in [0.05, 0.1) is 11.3 Å². The van der Waals surface area contributed by atoms with Crippen molar-refractivity contribution < 1.29 is 9.13 Å². The third kappa shape index (κ3) is 4.21. The lowest BCUT2D eigenvalue weighted by Gasteiger charge is -2.40. The smallest absolute Gasteiger partial charge is 0.148 e. The highest BCUT2D eigenvalue weighted by Crippen LogP contribution is 2.41. The summed E-state index contributed by atoms with van der Waals surface area (Å²) in [5.41, 5.74) is 1.66. The average molecular weight is 411 g/mol. The van der Waals surface area contributed by atoms with Gasteiger partial charge in [0.2, 0.25) is 0 Å². The predicted octanol–water partition coefficient (Wildman–Crippen LogP) is 4.36. The van der Waals surface area contributed by atoms with Crippen molar-refractivity contribution in [2.24, 2.45) is 11.8 Å². The molecule has 1 N–H and O–H groups in total. The molecule has 2 saturated heterocycles. The summed E-state index contributed by atoms with van der Waals surface area (Å²) >= 11 is 0. The monoisotopic (exact) mass is 410 g/mol. The van der Waals surface area contributed by atoms with Crippen molar-refractivity contribution in [3.63, 3.8) is 0 Å². The Bertz CT molecular complexity index is 856. The molecular weight excluding hydrogens is 379 g/mol. The topological polar surface area (TPSA) is 50.3 Å². The maximum atomic E-state index is 13.1. The van der Waals surface area contributed by atoms with Gasteiger partial charge in [-0.3, -0.25) is 4.90 Å². The van der Waals surface area contributed by atoms with E-state index in [2.05, 4.69) is 34.3 Å². The lowest BCUT2D eigenvalue weighted by molar-refractivity contribution is -0.0811. The number of benzene rings is 1. The molecule has 0 amide bonds. The Morgan fingerprint density at radius 3 is 2.40 bits per heavy atom. The molecule has 2 aliphatic heterocycles. The first-order valence-electron chi connectivity index (χ1n) is 11.2. The Morgan fingerprint density at radius 1 is 1.03 bits per heavy atom. The molecule has 2 aromatic rings. The minimum atomic E-state index is -0.240. The first-order valence-corrected chi connectivity index (χ1v) is 11.2. The number of aromatic nitrogens is 2. The molecule has 3 fully saturated rings. The second-order valence-electron chi connectivity index (χ2n) is 9.85. The first kappa shape index (κ1) is 19.9. The van der Waals surface area contributed by atoms with Gasteiger partial charge in [-0.2, -0.15) is 0 Å². The number of fused-ring (bicyclic) bond motifs is 1. The van der Waals surface area contributed by atoms with Gasteiger partial charge in [-0.15, -0.1) is 10.2 Å². The number of rotatable bonds is 4. The fraction of sp³-hybridized carbons (Fsp3) is 0.583. The molecule has 5 nitrogen and oxygen atoms in total. The van der Waals surface area contributed by atoms with Crippen LogP contribution in [0.5, 0.6) is 0 Å². The van der Waals surface area contributed by atoms with E-state index < -0.39 is 0 Å². The molecule has 0 bridgehead atoms. The van der Waals surface area contributed by atoms with E-state index >= 15 is 0 Å². The van der Waals surface area contributed by atoms with Gasteiger partial charge < -0.3 is 10.1 Å². The molecule has 0 radical (unpaired) electrons. The SMILES string of the molecule is CC1(C)CC(N2C[C@H]3CC(Nc4ccc(-c5ccc(F)cc5)nn4)C[C@H]3C2)CCO1. The van der Waals surface area contributed by atoms with Gasteiger partial charge in [-0.1, -0.05) is 0 Å². The van der Waals surface area contributed by atoms with Crippen molar-refractivity contribution in [1.82, 2.24) is 15.1 Å². The Kier molecular flexibility index (Phi) is 5.23. The lowest BCUT2D eigenvalue weighted by Crippen LogP contribution is -2.45. The summed E-state index contributed by atoms with van der Waals surface area (Å²) in [5.74, 6) is 2.14. The van der Waals surface area contributed by atoms with E-state index in [0.717, 1.165) is 41.9 Å². The fourth-order valence-electron chi connectivity index (χ4n) is 5.66. The van der Waals surface area contributed by atoms with Crippen LogP contribution in [0.25, 0.3) is 11.3 Å². The third-order valence-corrected chi connectivity index (χ3v) is 7.12. The van der Waals surface area contributed by atoms with Gasteiger partial charge in [0.15, 0.2) is 0 Å². The van der Waals surface area contributed by atoms with E-state index in [1.54, 1.807) is 12.1 Å². The second kappa shape index (κ2) is 7.89. The zero-order valence-electron chi connectivity index (χ0n) is 17.9. The van der Waals surface area contributed by atoms with Gasteiger partial charge in [-0.05, 0) is 87.8 Å². The Balaban J connectivity index is 1.15. The van der Waals surface area contributed by atoms with Crippen LogP contribution in [0.15, 0.2) is 36.4 Å². The fourth-order valence-corrected chi connectivity index (χ4v) is 5.66. The summed E-state index contributed by atoms with van der Waals surface area (Å²) in [6.45, 7) is 7.77. The molecule has 1 aromatic heterocycles. The van der Waals surface area contributed by atoms with Crippen molar-refractivity contribution in [3.8, 4) is 11.3 Å². The minimum absolute atomic E-state index is 0.0173. The Morgan fingerprint density at radius 2 is 1.77 bits per heavy atom. The van der Waals surface area contributed by atoms with E-state index in [-0.39, 0.29) is 11.4 Å². The van der Waals surface area contributed by atoms with Gasteiger partial charge in [0.25, 0.3) is 0 Å². The maximum Gasteiger partial charge on any atom is 0.148 e. The largest absolute Gasteiger partial charge is 0.375 e. The number of anilines is 1. The summed E-state index contributed by atoms with van der Waals surface area (Å²) in [4.78, 5) is 2.73. The van der Waals surface area contributed by atoms with Crippen LogP contribution in [0, 0.1) is 17.7 Å². The number of nitrogens with zero attached hydrogens (tertiary/aromatic N) is 3.